The van der Waals surface area contributed by atoms with Crippen molar-refractivity contribution in [1.82, 2.24) is 10.2 Å². The zero-order valence-corrected chi connectivity index (χ0v) is 11.8. The number of carbonyl (C=O) groups excluding carboxylic acids is 2. The predicted octanol–water partition coefficient (Wildman–Crippen LogP) is 2.45. The Morgan fingerprint density at radius 2 is 1.86 bits per heavy atom. The summed E-state index contributed by atoms with van der Waals surface area (Å²) >= 11 is 5.54. The van der Waals surface area contributed by atoms with Gasteiger partial charge in [0.05, 0.1) is 18.4 Å². The number of halogens is 3. The van der Waals surface area contributed by atoms with Crippen molar-refractivity contribution in [3.8, 4) is 0 Å². The Bertz CT molecular complexity index is 738. The number of carbonyl (C=O) groups is 2. The van der Waals surface area contributed by atoms with E-state index in [9.17, 15) is 18.4 Å². The number of nitrogens with one attached hydrogen (secondary N) is 1. The lowest BCUT2D eigenvalue weighted by Crippen LogP contribution is -2.17. The molecule has 0 aliphatic heterocycles. The van der Waals surface area contributed by atoms with E-state index < -0.39 is 23.5 Å². The maximum absolute atomic E-state index is 13.3. The van der Waals surface area contributed by atoms with Crippen molar-refractivity contribution >= 4 is 29.2 Å². The Balaban J connectivity index is 2.35. The van der Waals surface area contributed by atoms with Crippen molar-refractivity contribution in [1.29, 1.82) is 0 Å². The molecule has 0 aliphatic rings. The van der Waals surface area contributed by atoms with Gasteiger partial charge >= 0.3 is 5.97 Å². The standard InChI is InChI=1S/C13H8ClF2N3O3/c1-22-13(21)6-4-7(15)8(16)5-10(6)17-12(20)9-2-3-11(14)19-18-9/h2-5H,1H3,(H,17,20). The lowest BCUT2D eigenvalue weighted by atomic mass is 10.1. The highest BCUT2D eigenvalue weighted by molar-refractivity contribution is 6.29. The van der Waals surface area contributed by atoms with Crippen molar-refractivity contribution in [2.75, 3.05) is 12.4 Å². The molecule has 0 bridgehead atoms. The fourth-order valence-electron chi connectivity index (χ4n) is 1.55. The van der Waals surface area contributed by atoms with Gasteiger partial charge in [-0.15, -0.1) is 10.2 Å². The molecule has 0 saturated heterocycles. The number of methoxy groups -OCH3 is 1. The first-order valence-electron chi connectivity index (χ1n) is 5.80. The van der Waals surface area contributed by atoms with Gasteiger partial charge in [0.1, 0.15) is 0 Å². The van der Waals surface area contributed by atoms with E-state index >= 15 is 0 Å². The van der Waals surface area contributed by atoms with Crippen molar-refractivity contribution in [3.05, 3.63) is 52.3 Å². The largest absolute Gasteiger partial charge is 0.465 e. The Labute approximate surface area is 128 Å². The summed E-state index contributed by atoms with van der Waals surface area (Å²) in [7, 11) is 1.07. The number of hydrogen-bond donors (Lipinski definition) is 1. The number of anilines is 1. The van der Waals surface area contributed by atoms with Crippen LogP contribution < -0.4 is 5.32 Å². The second-order valence-corrected chi connectivity index (χ2v) is 4.39. The van der Waals surface area contributed by atoms with Crippen LogP contribution in [0.5, 0.6) is 0 Å². The van der Waals surface area contributed by atoms with Gasteiger partial charge in [-0.05, 0) is 18.2 Å². The summed E-state index contributed by atoms with van der Waals surface area (Å²) in [6.07, 6.45) is 0. The van der Waals surface area contributed by atoms with Gasteiger partial charge < -0.3 is 10.1 Å². The molecular weight excluding hydrogens is 320 g/mol. The molecular formula is C13H8ClF2N3O3. The number of esters is 1. The lowest BCUT2D eigenvalue weighted by molar-refractivity contribution is 0.0601. The first kappa shape index (κ1) is 15.8. The van der Waals surface area contributed by atoms with Crippen LogP contribution >= 0.6 is 11.6 Å². The molecule has 2 rings (SSSR count). The number of rotatable bonds is 3. The summed E-state index contributed by atoms with van der Waals surface area (Å²) < 4.78 is 31.0. The topological polar surface area (TPSA) is 81.2 Å². The second-order valence-electron chi connectivity index (χ2n) is 4.00. The smallest absolute Gasteiger partial charge is 0.340 e. The molecule has 1 aromatic heterocycles. The van der Waals surface area contributed by atoms with Crippen molar-refractivity contribution in [2.45, 2.75) is 0 Å². The Morgan fingerprint density at radius 3 is 2.45 bits per heavy atom. The van der Waals surface area contributed by atoms with Gasteiger partial charge in [0.15, 0.2) is 22.5 Å². The predicted molar refractivity (Wildman–Crippen MR) is 72.7 cm³/mol. The van der Waals surface area contributed by atoms with Gasteiger partial charge in [0, 0.05) is 6.07 Å². The van der Waals surface area contributed by atoms with Crippen LogP contribution in [0.4, 0.5) is 14.5 Å². The highest BCUT2D eigenvalue weighted by atomic mass is 35.5. The molecule has 1 heterocycles. The van der Waals surface area contributed by atoms with Crippen LogP contribution in [0.3, 0.4) is 0 Å². The number of benzene rings is 1. The molecule has 1 amide bonds. The van der Waals surface area contributed by atoms with E-state index in [2.05, 4.69) is 20.3 Å². The van der Waals surface area contributed by atoms with E-state index in [0.717, 1.165) is 7.11 Å². The van der Waals surface area contributed by atoms with E-state index in [1.165, 1.54) is 12.1 Å². The van der Waals surface area contributed by atoms with E-state index in [-0.39, 0.29) is 22.1 Å². The van der Waals surface area contributed by atoms with Gasteiger partial charge in [0.2, 0.25) is 0 Å². The summed E-state index contributed by atoms with van der Waals surface area (Å²) in [5.41, 5.74) is -0.714. The van der Waals surface area contributed by atoms with E-state index in [1.54, 1.807) is 0 Å². The van der Waals surface area contributed by atoms with Crippen LogP contribution in [0.15, 0.2) is 24.3 Å². The molecule has 1 aromatic carbocycles. The molecule has 0 saturated carbocycles. The highest BCUT2D eigenvalue weighted by Crippen LogP contribution is 2.21. The summed E-state index contributed by atoms with van der Waals surface area (Å²) in [6, 6.07) is 3.91. The summed E-state index contributed by atoms with van der Waals surface area (Å²) in [6.45, 7) is 0. The monoisotopic (exact) mass is 327 g/mol. The zero-order chi connectivity index (χ0) is 16.3. The maximum atomic E-state index is 13.3. The molecule has 114 valence electrons. The van der Waals surface area contributed by atoms with E-state index in [0.29, 0.717) is 12.1 Å². The third-order valence-electron chi connectivity index (χ3n) is 2.58. The number of hydrogen-bond acceptors (Lipinski definition) is 5. The van der Waals surface area contributed by atoms with Crippen LogP contribution in [0.2, 0.25) is 5.15 Å². The average molecular weight is 328 g/mol. The molecule has 0 spiro atoms. The second kappa shape index (κ2) is 6.44. The van der Waals surface area contributed by atoms with Crippen LogP contribution in [0, 0.1) is 11.6 Å². The van der Waals surface area contributed by atoms with Crippen LogP contribution in [0.1, 0.15) is 20.8 Å². The zero-order valence-electron chi connectivity index (χ0n) is 11.1. The third kappa shape index (κ3) is 3.34. The summed E-state index contributed by atoms with van der Waals surface area (Å²) in [5.74, 6) is -4.19. The molecule has 9 heteroatoms. The molecule has 1 N–H and O–H groups in total. The van der Waals surface area contributed by atoms with E-state index in [1.807, 2.05) is 0 Å². The average Bonchev–Trinajstić information content (AvgIpc) is 2.50. The number of aromatic nitrogens is 2. The fraction of sp³-hybridized carbons (Fsp3) is 0.0769. The van der Waals surface area contributed by atoms with Crippen molar-refractivity contribution in [3.63, 3.8) is 0 Å². The molecule has 0 fully saturated rings. The molecule has 0 radical (unpaired) electrons. The maximum Gasteiger partial charge on any atom is 0.340 e. The summed E-state index contributed by atoms with van der Waals surface area (Å²) in [5, 5.41) is 9.33. The highest BCUT2D eigenvalue weighted by Gasteiger charge is 2.19. The number of ether oxygens (including phenoxy) is 1. The lowest BCUT2D eigenvalue weighted by Gasteiger charge is -2.10. The van der Waals surface area contributed by atoms with Crippen molar-refractivity contribution in [2.24, 2.45) is 0 Å². The first-order valence-corrected chi connectivity index (χ1v) is 6.18. The number of nitrogens with zero attached hydrogens (tertiary/aromatic N) is 2. The van der Waals surface area contributed by atoms with Crippen LogP contribution in [0.25, 0.3) is 0 Å². The van der Waals surface area contributed by atoms with Crippen LogP contribution in [-0.4, -0.2) is 29.2 Å². The van der Waals surface area contributed by atoms with Gasteiger partial charge in [-0.1, -0.05) is 11.6 Å². The van der Waals surface area contributed by atoms with E-state index in [4.69, 9.17) is 11.6 Å². The minimum Gasteiger partial charge on any atom is -0.465 e. The Kier molecular flexibility index (Phi) is 4.62. The molecule has 0 aliphatic carbocycles. The minimum atomic E-state index is -1.25. The Morgan fingerprint density at radius 1 is 1.18 bits per heavy atom. The van der Waals surface area contributed by atoms with Crippen LogP contribution in [-0.2, 0) is 4.74 Å². The fourth-order valence-corrected chi connectivity index (χ4v) is 1.65. The molecule has 0 unspecified atom stereocenters. The quantitative estimate of drug-likeness (QED) is 0.876. The molecule has 0 atom stereocenters. The SMILES string of the molecule is COC(=O)c1cc(F)c(F)cc1NC(=O)c1ccc(Cl)nn1. The molecule has 6 nitrogen and oxygen atoms in total. The van der Waals surface area contributed by atoms with Gasteiger partial charge in [-0.2, -0.15) is 0 Å². The normalized spacial score (nSPS) is 10.2. The molecule has 2 aromatic rings. The van der Waals surface area contributed by atoms with Crippen molar-refractivity contribution < 1.29 is 23.1 Å². The van der Waals surface area contributed by atoms with Gasteiger partial charge in [-0.3, -0.25) is 4.79 Å². The first-order chi connectivity index (χ1) is 10.4. The summed E-state index contributed by atoms with van der Waals surface area (Å²) in [4.78, 5) is 23.5. The number of amides is 1. The van der Waals surface area contributed by atoms with Gasteiger partial charge in [0.25, 0.3) is 5.91 Å². The van der Waals surface area contributed by atoms with Gasteiger partial charge in [-0.25, -0.2) is 13.6 Å². The molecule has 22 heavy (non-hydrogen) atoms. The third-order valence-corrected chi connectivity index (χ3v) is 2.78. The Hall–Kier alpha value is -2.61. The minimum absolute atomic E-state index is 0.0830.